The molecule has 0 radical (unpaired) electrons. The molecular weight excluding hydrogens is 320 g/mol. The van der Waals surface area contributed by atoms with E-state index >= 15 is 0 Å². The minimum atomic E-state index is -0.390. The first-order valence-electron chi connectivity index (χ1n) is 8.99. The molecule has 1 aromatic rings. The van der Waals surface area contributed by atoms with Gasteiger partial charge in [-0.1, -0.05) is 0 Å². The first kappa shape index (κ1) is 17.9. The zero-order chi connectivity index (χ0) is 17.6. The lowest BCUT2D eigenvalue weighted by Crippen LogP contribution is -2.48. The molecule has 2 aliphatic heterocycles. The lowest BCUT2D eigenvalue weighted by atomic mass is 10.0. The monoisotopic (exact) mass is 346 g/mol. The smallest absolute Gasteiger partial charge is 0.337 e. The van der Waals surface area contributed by atoms with Crippen molar-refractivity contribution in [2.24, 2.45) is 0 Å². The van der Waals surface area contributed by atoms with Crippen molar-refractivity contribution in [2.75, 3.05) is 33.4 Å². The van der Waals surface area contributed by atoms with Crippen molar-refractivity contribution in [1.82, 2.24) is 10.2 Å². The van der Waals surface area contributed by atoms with Crippen LogP contribution in [0.5, 0.6) is 0 Å². The molecule has 0 unspecified atom stereocenters. The van der Waals surface area contributed by atoms with Crippen LogP contribution in [0.3, 0.4) is 0 Å². The van der Waals surface area contributed by atoms with Gasteiger partial charge in [-0.25, -0.2) is 4.79 Å². The highest BCUT2D eigenvalue weighted by atomic mass is 16.5. The number of hydrogen-bond donors (Lipinski definition) is 1. The second-order valence-corrected chi connectivity index (χ2v) is 6.69. The minimum absolute atomic E-state index is 0.0286. The molecule has 0 saturated carbocycles. The predicted molar refractivity (Wildman–Crippen MR) is 93.7 cm³/mol. The molecule has 2 heterocycles. The predicted octanol–water partition coefficient (Wildman–Crippen LogP) is 1.85. The van der Waals surface area contributed by atoms with Gasteiger partial charge in [-0.2, -0.15) is 0 Å². The Morgan fingerprint density at radius 1 is 1.00 bits per heavy atom. The van der Waals surface area contributed by atoms with Crippen LogP contribution in [0.1, 0.15) is 46.4 Å². The largest absolute Gasteiger partial charge is 0.465 e. The van der Waals surface area contributed by atoms with Crippen LogP contribution < -0.4 is 5.32 Å². The number of nitrogens with one attached hydrogen (secondary N) is 1. The van der Waals surface area contributed by atoms with Gasteiger partial charge in [0.05, 0.1) is 12.7 Å². The topological polar surface area (TPSA) is 67.9 Å². The lowest BCUT2D eigenvalue weighted by molar-refractivity contribution is 0.0596. The number of ether oxygens (including phenoxy) is 2. The molecule has 0 aliphatic carbocycles. The number of nitrogens with zero attached hydrogens (tertiary/aromatic N) is 1. The third-order valence-electron chi connectivity index (χ3n) is 5.03. The average Bonchev–Trinajstić information content (AvgIpc) is 2.68. The maximum atomic E-state index is 12.6. The summed E-state index contributed by atoms with van der Waals surface area (Å²) in [6.45, 7) is 3.21. The van der Waals surface area contributed by atoms with Crippen LogP contribution in [-0.4, -0.2) is 62.3 Å². The van der Waals surface area contributed by atoms with Crippen LogP contribution in [0.25, 0.3) is 0 Å². The Balaban J connectivity index is 1.50. The van der Waals surface area contributed by atoms with Gasteiger partial charge in [-0.15, -0.1) is 0 Å². The number of carbonyl (C=O) groups excluding carboxylic acids is 2. The van der Waals surface area contributed by atoms with E-state index < -0.39 is 0 Å². The molecule has 3 rings (SSSR count). The number of benzene rings is 1. The van der Waals surface area contributed by atoms with Gasteiger partial charge < -0.3 is 19.7 Å². The molecule has 0 aromatic heterocycles. The van der Waals surface area contributed by atoms with Crippen LogP contribution in [-0.2, 0) is 9.47 Å². The van der Waals surface area contributed by atoms with Gasteiger partial charge in [-0.05, 0) is 49.9 Å². The lowest BCUT2D eigenvalue weighted by Gasteiger charge is -2.35. The first-order valence-corrected chi connectivity index (χ1v) is 8.99. The number of esters is 1. The van der Waals surface area contributed by atoms with E-state index in [9.17, 15) is 9.59 Å². The summed E-state index contributed by atoms with van der Waals surface area (Å²) in [4.78, 5) is 26.0. The third kappa shape index (κ3) is 4.58. The number of rotatable bonds is 4. The van der Waals surface area contributed by atoms with Crippen molar-refractivity contribution in [1.29, 1.82) is 0 Å². The second-order valence-electron chi connectivity index (χ2n) is 6.69. The summed E-state index contributed by atoms with van der Waals surface area (Å²) >= 11 is 0. The zero-order valence-electron chi connectivity index (χ0n) is 14.7. The molecule has 0 atom stereocenters. The van der Waals surface area contributed by atoms with Gasteiger partial charge in [0.15, 0.2) is 0 Å². The molecule has 2 fully saturated rings. The van der Waals surface area contributed by atoms with E-state index in [0.717, 1.165) is 52.0 Å². The molecule has 136 valence electrons. The average molecular weight is 346 g/mol. The van der Waals surface area contributed by atoms with Gasteiger partial charge in [-0.3, -0.25) is 4.79 Å². The van der Waals surface area contributed by atoms with Gasteiger partial charge in [0, 0.05) is 44.0 Å². The summed E-state index contributed by atoms with van der Waals surface area (Å²) in [7, 11) is 1.35. The molecule has 6 heteroatoms. The van der Waals surface area contributed by atoms with Gasteiger partial charge in [0.1, 0.15) is 0 Å². The number of hydrogen-bond acceptors (Lipinski definition) is 5. The Morgan fingerprint density at radius 2 is 1.56 bits per heavy atom. The van der Waals surface area contributed by atoms with Crippen LogP contribution in [0.15, 0.2) is 24.3 Å². The number of carbonyl (C=O) groups is 2. The summed E-state index contributed by atoms with van der Waals surface area (Å²) in [6.07, 6.45) is 4.10. The Hall–Kier alpha value is -1.92. The molecule has 0 bridgehead atoms. The SMILES string of the molecule is COC(=O)c1ccc(C(=O)N2CCC(NC3CCOCC3)CC2)cc1. The highest BCUT2D eigenvalue weighted by Crippen LogP contribution is 2.17. The summed E-state index contributed by atoms with van der Waals surface area (Å²) in [5.74, 6) is -0.361. The van der Waals surface area contributed by atoms with Crippen molar-refractivity contribution in [2.45, 2.75) is 37.8 Å². The highest BCUT2D eigenvalue weighted by Gasteiger charge is 2.26. The highest BCUT2D eigenvalue weighted by molar-refractivity contribution is 5.96. The second kappa shape index (κ2) is 8.45. The summed E-state index contributed by atoms with van der Waals surface area (Å²) in [5, 5.41) is 3.71. The van der Waals surface area contributed by atoms with Gasteiger partial charge in [0.2, 0.25) is 0 Å². The molecule has 2 saturated heterocycles. The van der Waals surface area contributed by atoms with E-state index in [1.54, 1.807) is 24.3 Å². The maximum absolute atomic E-state index is 12.6. The van der Waals surface area contributed by atoms with Crippen molar-refractivity contribution < 1.29 is 19.1 Å². The number of methoxy groups -OCH3 is 1. The maximum Gasteiger partial charge on any atom is 0.337 e. The summed E-state index contributed by atoms with van der Waals surface area (Å²) in [6, 6.07) is 7.69. The zero-order valence-corrected chi connectivity index (χ0v) is 14.7. The van der Waals surface area contributed by atoms with Crippen molar-refractivity contribution >= 4 is 11.9 Å². The van der Waals surface area contributed by atoms with E-state index in [4.69, 9.17) is 4.74 Å². The molecule has 2 aliphatic rings. The normalized spacial score (nSPS) is 19.6. The Kier molecular flexibility index (Phi) is 6.04. The van der Waals surface area contributed by atoms with Crippen molar-refractivity contribution in [3.05, 3.63) is 35.4 Å². The molecule has 1 aromatic carbocycles. The van der Waals surface area contributed by atoms with Gasteiger partial charge >= 0.3 is 5.97 Å². The Labute approximate surface area is 148 Å². The van der Waals surface area contributed by atoms with Crippen molar-refractivity contribution in [3.8, 4) is 0 Å². The van der Waals surface area contributed by atoms with E-state index in [-0.39, 0.29) is 11.9 Å². The van der Waals surface area contributed by atoms with E-state index in [2.05, 4.69) is 10.1 Å². The van der Waals surface area contributed by atoms with Crippen molar-refractivity contribution in [3.63, 3.8) is 0 Å². The molecular formula is C19H26N2O4. The molecule has 1 amide bonds. The molecule has 1 N–H and O–H groups in total. The fourth-order valence-electron chi connectivity index (χ4n) is 3.50. The van der Waals surface area contributed by atoms with Crippen LogP contribution in [0.2, 0.25) is 0 Å². The summed E-state index contributed by atoms with van der Waals surface area (Å²) in [5.41, 5.74) is 1.07. The van der Waals surface area contributed by atoms with E-state index in [1.165, 1.54) is 7.11 Å². The third-order valence-corrected chi connectivity index (χ3v) is 5.03. The molecule has 6 nitrogen and oxygen atoms in total. The number of likely N-dealkylation sites (tertiary alicyclic amines) is 1. The standard InChI is InChI=1S/C19H26N2O4/c1-24-19(23)15-4-2-14(3-5-15)18(22)21-10-6-16(7-11-21)20-17-8-12-25-13-9-17/h2-5,16-17,20H,6-13H2,1H3. The Morgan fingerprint density at radius 3 is 2.16 bits per heavy atom. The van der Waals surface area contributed by atoms with E-state index in [0.29, 0.717) is 23.2 Å². The first-order chi connectivity index (χ1) is 12.2. The fraction of sp³-hybridized carbons (Fsp3) is 0.579. The minimum Gasteiger partial charge on any atom is -0.465 e. The van der Waals surface area contributed by atoms with E-state index in [1.807, 2.05) is 4.90 Å². The number of piperidine rings is 1. The van der Waals surface area contributed by atoms with Crippen LogP contribution >= 0.6 is 0 Å². The number of amides is 1. The molecule has 25 heavy (non-hydrogen) atoms. The van der Waals surface area contributed by atoms with Crippen LogP contribution in [0, 0.1) is 0 Å². The van der Waals surface area contributed by atoms with Crippen LogP contribution in [0.4, 0.5) is 0 Å². The molecule has 0 spiro atoms. The quantitative estimate of drug-likeness (QED) is 0.843. The fourth-order valence-corrected chi connectivity index (χ4v) is 3.50. The van der Waals surface area contributed by atoms with Gasteiger partial charge in [0.25, 0.3) is 5.91 Å². The Bertz CT molecular complexity index is 588. The summed E-state index contributed by atoms with van der Waals surface area (Å²) < 4.78 is 10.1.